The van der Waals surface area contributed by atoms with Crippen molar-refractivity contribution in [1.82, 2.24) is 0 Å². The van der Waals surface area contributed by atoms with Gasteiger partial charge in [-0.3, -0.25) is 0 Å². The van der Waals surface area contributed by atoms with E-state index in [1.54, 1.807) is 0 Å². The Morgan fingerprint density at radius 3 is 2.12 bits per heavy atom. The van der Waals surface area contributed by atoms with Gasteiger partial charge >= 0.3 is 0 Å². The maximum absolute atomic E-state index is 2.45. The second-order valence-electron chi connectivity index (χ2n) is 6.77. The van der Waals surface area contributed by atoms with Gasteiger partial charge in [0.05, 0.1) is 0 Å². The first-order valence-electron chi connectivity index (χ1n) is 9.20. The predicted molar refractivity (Wildman–Crippen MR) is 107 cm³/mol. The molecule has 0 heteroatoms. The van der Waals surface area contributed by atoms with Crippen LogP contribution in [0.25, 0.3) is 32.3 Å². The lowest BCUT2D eigenvalue weighted by Crippen LogP contribution is -1.90. The van der Waals surface area contributed by atoms with Crippen LogP contribution in [-0.4, -0.2) is 0 Å². The fourth-order valence-corrected chi connectivity index (χ4v) is 3.89. The van der Waals surface area contributed by atoms with Crippen LogP contribution in [0.5, 0.6) is 0 Å². The average molecular weight is 312 g/mol. The normalized spacial score (nSPS) is 11.5. The van der Waals surface area contributed by atoms with E-state index in [0.717, 1.165) is 0 Å². The highest BCUT2D eigenvalue weighted by Crippen LogP contribution is 2.34. The summed E-state index contributed by atoms with van der Waals surface area (Å²) >= 11 is 0. The summed E-state index contributed by atoms with van der Waals surface area (Å²) in [6.45, 7) is 2.28. The lowest BCUT2D eigenvalue weighted by molar-refractivity contribution is 0.668. The molecular weight excluding hydrogens is 288 g/mol. The van der Waals surface area contributed by atoms with E-state index < -0.39 is 0 Å². The zero-order valence-electron chi connectivity index (χ0n) is 14.4. The van der Waals surface area contributed by atoms with E-state index in [4.69, 9.17) is 0 Å². The monoisotopic (exact) mass is 312 g/mol. The van der Waals surface area contributed by atoms with E-state index in [1.807, 2.05) is 0 Å². The molecule has 0 bridgehead atoms. The minimum atomic E-state index is 1.18. The highest BCUT2D eigenvalue weighted by atomic mass is 14.1. The number of hydrogen-bond acceptors (Lipinski definition) is 0. The maximum atomic E-state index is 2.45. The van der Waals surface area contributed by atoms with Crippen LogP contribution in [0.3, 0.4) is 0 Å². The molecule has 0 saturated carbocycles. The first-order valence-corrected chi connectivity index (χ1v) is 9.20. The van der Waals surface area contributed by atoms with Crippen molar-refractivity contribution in [1.29, 1.82) is 0 Å². The van der Waals surface area contributed by atoms with E-state index in [1.165, 1.54) is 70.0 Å². The predicted octanol–water partition coefficient (Wildman–Crippen LogP) is 7.27. The van der Waals surface area contributed by atoms with Gasteiger partial charge in [-0.1, -0.05) is 86.8 Å². The fraction of sp³-hybridized carbons (Fsp3) is 0.250. The lowest BCUT2D eigenvalue weighted by Gasteiger charge is -2.12. The molecular formula is C24H24. The molecule has 0 aliphatic rings. The Hall–Kier alpha value is -2.34. The largest absolute Gasteiger partial charge is 0.0654 e. The molecule has 0 aliphatic heterocycles. The van der Waals surface area contributed by atoms with Crippen molar-refractivity contribution in [2.75, 3.05) is 0 Å². The molecule has 24 heavy (non-hydrogen) atoms. The van der Waals surface area contributed by atoms with Gasteiger partial charge in [-0.05, 0) is 56.8 Å². The number of aryl methyl sites for hydroxylation is 1. The molecule has 0 heterocycles. The highest BCUT2D eigenvalue weighted by molar-refractivity contribution is 6.18. The van der Waals surface area contributed by atoms with Gasteiger partial charge in [0.25, 0.3) is 0 Å². The summed E-state index contributed by atoms with van der Waals surface area (Å²) in [4.78, 5) is 0. The van der Waals surface area contributed by atoms with Crippen LogP contribution in [0.15, 0.2) is 66.7 Å². The number of hydrogen-bond donors (Lipinski definition) is 0. The fourth-order valence-electron chi connectivity index (χ4n) is 3.89. The SMILES string of the molecule is CCCCCCc1cc2c3ccccc3ccc2c2ccccc12. The van der Waals surface area contributed by atoms with Gasteiger partial charge in [0, 0.05) is 0 Å². The Labute approximate surface area is 144 Å². The van der Waals surface area contributed by atoms with Crippen molar-refractivity contribution in [2.45, 2.75) is 39.0 Å². The second kappa shape index (κ2) is 6.65. The van der Waals surface area contributed by atoms with Gasteiger partial charge in [0.1, 0.15) is 0 Å². The number of benzene rings is 4. The van der Waals surface area contributed by atoms with Crippen molar-refractivity contribution in [3.05, 3.63) is 72.3 Å². The van der Waals surface area contributed by atoms with E-state index in [9.17, 15) is 0 Å². The molecule has 120 valence electrons. The third-order valence-corrected chi connectivity index (χ3v) is 5.15. The molecule has 0 atom stereocenters. The highest BCUT2D eigenvalue weighted by Gasteiger charge is 2.08. The maximum Gasteiger partial charge on any atom is -0.00962 e. The van der Waals surface area contributed by atoms with E-state index >= 15 is 0 Å². The molecule has 0 N–H and O–H groups in total. The van der Waals surface area contributed by atoms with Crippen LogP contribution in [0.2, 0.25) is 0 Å². The quantitative estimate of drug-likeness (QED) is 0.268. The molecule has 0 radical (unpaired) electrons. The molecule has 0 aliphatic carbocycles. The Morgan fingerprint density at radius 2 is 1.29 bits per heavy atom. The van der Waals surface area contributed by atoms with E-state index in [-0.39, 0.29) is 0 Å². The summed E-state index contributed by atoms with van der Waals surface area (Å²) < 4.78 is 0. The Morgan fingerprint density at radius 1 is 0.583 bits per heavy atom. The van der Waals surface area contributed by atoms with Gasteiger partial charge in [-0.2, -0.15) is 0 Å². The number of fused-ring (bicyclic) bond motifs is 5. The molecule has 0 nitrogen and oxygen atoms in total. The number of rotatable bonds is 5. The molecule has 4 aromatic carbocycles. The van der Waals surface area contributed by atoms with Crippen molar-refractivity contribution >= 4 is 32.3 Å². The van der Waals surface area contributed by atoms with Crippen LogP contribution >= 0.6 is 0 Å². The van der Waals surface area contributed by atoms with Crippen molar-refractivity contribution in [3.8, 4) is 0 Å². The zero-order valence-corrected chi connectivity index (χ0v) is 14.4. The van der Waals surface area contributed by atoms with Crippen molar-refractivity contribution in [2.24, 2.45) is 0 Å². The van der Waals surface area contributed by atoms with Crippen LogP contribution in [0.4, 0.5) is 0 Å². The third-order valence-electron chi connectivity index (χ3n) is 5.15. The summed E-state index contributed by atoms with van der Waals surface area (Å²) in [6, 6.07) is 24.7. The zero-order chi connectivity index (χ0) is 16.4. The van der Waals surface area contributed by atoms with Crippen LogP contribution in [0, 0.1) is 0 Å². The summed E-state index contributed by atoms with van der Waals surface area (Å²) in [5, 5.41) is 8.30. The molecule has 0 saturated heterocycles. The Balaban J connectivity index is 1.93. The topological polar surface area (TPSA) is 0 Å². The average Bonchev–Trinajstić information content (AvgIpc) is 2.65. The molecule has 0 spiro atoms. The minimum absolute atomic E-state index is 1.18. The molecule has 4 aromatic rings. The van der Waals surface area contributed by atoms with Crippen molar-refractivity contribution in [3.63, 3.8) is 0 Å². The van der Waals surface area contributed by atoms with Gasteiger partial charge in [0.15, 0.2) is 0 Å². The molecule has 4 rings (SSSR count). The lowest BCUT2D eigenvalue weighted by atomic mass is 9.92. The molecule has 0 amide bonds. The van der Waals surface area contributed by atoms with E-state index in [0.29, 0.717) is 0 Å². The van der Waals surface area contributed by atoms with Crippen LogP contribution in [0.1, 0.15) is 38.2 Å². The smallest absolute Gasteiger partial charge is 0.00962 e. The number of unbranched alkanes of at least 4 members (excludes halogenated alkanes) is 3. The Kier molecular flexibility index (Phi) is 4.21. The summed E-state index contributed by atoms with van der Waals surface area (Å²) in [5.74, 6) is 0. The standard InChI is InChI=1S/C24H24/c1-2-3-4-5-11-19-17-24-20-12-7-6-10-18(20)15-16-23(24)22-14-9-8-13-21(19)22/h6-10,12-17H,2-5,11H2,1H3. The first-order chi connectivity index (χ1) is 11.9. The van der Waals surface area contributed by atoms with Gasteiger partial charge in [-0.15, -0.1) is 0 Å². The van der Waals surface area contributed by atoms with Gasteiger partial charge in [0.2, 0.25) is 0 Å². The van der Waals surface area contributed by atoms with Crippen LogP contribution in [-0.2, 0) is 6.42 Å². The van der Waals surface area contributed by atoms with Crippen molar-refractivity contribution < 1.29 is 0 Å². The minimum Gasteiger partial charge on any atom is -0.0654 e. The molecule has 0 unspecified atom stereocenters. The van der Waals surface area contributed by atoms with E-state index in [2.05, 4.69) is 73.7 Å². The van der Waals surface area contributed by atoms with Gasteiger partial charge < -0.3 is 0 Å². The third kappa shape index (κ3) is 2.67. The second-order valence-corrected chi connectivity index (χ2v) is 6.77. The van der Waals surface area contributed by atoms with Crippen LogP contribution < -0.4 is 0 Å². The van der Waals surface area contributed by atoms with Gasteiger partial charge in [-0.25, -0.2) is 0 Å². The molecule has 0 aromatic heterocycles. The first kappa shape index (κ1) is 15.2. The summed E-state index contributed by atoms with van der Waals surface area (Å²) in [5.41, 5.74) is 1.51. The summed E-state index contributed by atoms with van der Waals surface area (Å²) in [6.07, 6.45) is 6.43. The Bertz CT molecular complexity index is 995. The summed E-state index contributed by atoms with van der Waals surface area (Å²) in [7, 11) is 0. The molecule has 0 fully saturated rings.